The van der Waals surface area contributed by atoms with E-state index in [1.807, 2.05) is 6.07 Å². The number of benzene rings is 2. The van der Waals surface area contributed by atoms with E-state index in [0.717, 1.165) is 25.3 Å². The van der Waals surface area contributed by atoms with Gasteiger partial charge in [0.25, 0.3) is 0 Å². The number of sulfonamides is 1. The fraction of sp³-hybridized carbons (Fsp3) is 0.368. The highest BCUT2D eigenvalue weighted by atomic mass is 35.5. The van der Waals surface area contributed by atoms with Crippen molar-refractivity contribution in [2.75, 3.05) is 32.8 Å². The molecule has 27 heavy (non-hydrogen) atoms. The molecule has 2 heterocycles. The van der Waals surface area contributed by atoms with Gasteiger partial charge in [-0.1, -0.05) is 35.3 Å². The lowest BCUT2D eigenvalue weighted by Crippen LogP contribution is -2.48. The van der Waals surface area contributed by atoms with Gasteiger partial charge in [0, 0.05) is 44.2 Å². The minimum absolute atomic E-state index is 0.0729. The zero-order valence-electron chi connectivity index (χ0n) is 14.7. The number of piperazine rings is 1. The van der Waals surface area contributed by atoms with Crippen LogP contribution in [-0.2, 0) is 23.0 Å². The van der Waals surface area contributed by atoms with Crippen molar-refractivity contribution in [2.45, 2.75) is 17.9 Å². The molecule has 1 saturated heterocycles. The van der Waals surface area contributed by atoms with Crippen molar-refractivity contribution >= 4 is 33.2 Å². The van der Waals surface area contributed by atoms with Crippen LogP contribution in [0.4, 0.5) is 0 Å². The summed E-state index contributed by atoms with van der Waals surface area (Å²) in [4.78, 5) is 2.34. The first-order valence-corrected chi connectivity index (χ1v) is 11.1. The summed E-state index contributed by atoms with van der Waals surface area (Å²) in [5, 5.41) is 0.555. The number of ether oxygens (including phenoxy) is 1. The first kappa shape index (κ1) is 19.0. The molecular formula is C19H20Cl2N2O3S. The smallest absolute Gasteiger partial charge is 0.244 e. The summed E-state index contributed by atoms with van der Waals surface area (Å²) < 4.78 is 32.8. The van der Waals surface area contributed by atoms with Gasteiger partial charge in [-0.3, -0.25) is 4.90 Å². The third-order valence-corrected chi connectivity index (χ3v) is 7.62. The van der Waals surface area contributed by atoms with Crippen molar-refractivity contribution in [1.82, 2.24) is 9.21 Å². The first-order chi connectivity index (χ1) is 12.9. The number of hydrogen-bond donors (Lipinski definition) is 0. The maximum atomic E-state index is 12.9. The fourth-order valence-electron chi connectivity index (χ4n) is 3.54. The van der Waals surface area contributed by atoms with Gasteiger partial charge >= 0.3 is 0 Å². The van der Waals surface area contributed by atoms with Crippen molar-refractivity contribution in [1.29, 1.82) is 0 Å². The van der Waals surface area contributed by atoms with Gasteiger partial charge in [-0.2, -0.15) is 4.31 Å². The molecule has 0 bridgehead atoms. The van der Waals surface area contributed by atoms with E-state index in [4.69, 9.17) is 27.9 Å². The highest BCUT2D eigenvalue weighted by Crippen LogP contribution is 2.29. The van der Waals surface area contributed by atoms with Crippen LogP contribution in [0.2, 0.25) is 10.0 Å². The Morgan fingerprint density at radius 2 is 1.78 bits per heavy atom. The van der Waals surface area contributed by atoms with Gasteiger partial charge in [0.1, 0.15) is 10.6 Å². The Morgan fingerprint density at radius 3 is 2.56 bits per heavy atom. The molecule has 0 spiro atoms. The average molecular weight is 427 g/mol. The molecule has 2 aliphatic heterocycles. The van der Waals surface area contributed by atoms with Gasteiger partial charge in [0.2, 0.25) is 10.0 Å². The summed E-state index contributed by atoms with van der Waals surface area (Å²) in [5.74, 6) is 0.980. The maximum Gasteiger partial charge on any atom is 0.244 e. The van der Waals surface area contributed by atoms with Crippen LogP contribution < -0.4 is 4.74 Å². The fourth-order valence-corrected chi connectivity index (χ4v) is 5.70. The summed E-state index contributed by atoms with van der Waals surface area (Å²) in [6.07, 6.45) is 0.954. The molecule has 1 fully saturated rings. The third-order valence-electron chi connectivity index (χ3n) is 5.00. The second-order valence-corrected chi connectivity index (χ2v) is 9.55. The summed E-state index contributed by atoms with van der Waals surface area (Å²) in [6.45, 7) is 3.76. The lowest BCUT2D eigenvalue weighted by molar-refractivity contribution is 0.181. The van der Waals surface area contributed by atoms with Crippen LogP contribution in [0.1, 0.15) is 11.1 Å². The van der Waals surface area contributed by atoms with Gasteiger partial charge < -0.3 is 4.74 Å². The monoisotopic (exact) mass is 426 g/mol. The molecule has 8 heteroatoms. The summed E-state index contributed by atoms with van der Waals surface area (Å²) >= 11 is 12.1. The Hall–Kier alpha value is -1.31. The molecule has 2 aliphatic rings. The van der Waals surface area contributed by atoms with E-state index >= 15 is 0 Å². The lowest BCUT2D eigenvalue weighted by Gasteiger charge is -2.34. The van der Waals surface area contributed by atoms with Crippen LogP contribution in [0.25, 0.3) is 0 Å². The maximum absolute atomic E-state index is 12.9. The molecule has 0 aliphatic carbocycles. The van der Waals surface area contributed by atoms with Crippen molar-refractivity contribution in [2.24, 2.45) is 0 Å². The zero-order chi connectivity index (χ0) is 19.0. The molecule has 0 unspecified atom stereocenters. The highest BCUT2D eigenvalue weighted by molar-refractivity contribution is 7.89. The molecule has 0 atom stereocenters. The van der Waals surface area contributed by atoms with Crippen LogP contribution in [0, 0.1) is 0 Å². The SMILES string of the molecule is O=S(=O)(c1cc(Cl)ccc1Cl)N1CCN(Cc2ccc3c(c2)CCO3)CC1. The van der Waals surface area contributed by atoms with Crippen LogP contribution in [0.15, 0.2) is 41.3 Å². The van der Waals surface area contributed by atoms with E-state index < -0.39 is 10.0 Å². The van der Waals surface area contributed by atoms with E-state index in [1.54, 1.807) is 6.07 Å². The second-order valence-electron chi connectivity index (χ2n) is 6.80. The summed E-state index contributed by atoms with van der Waals surface area (Å²) in [5.41, 5.74) is 2.48. The van der Waals surface area contributed by atoms with Crippen LogP contribution in [0.5, 0.6) is 5.75 Å². The van der Waals surface area contributed by atoms with Gasteiger partial charge in [-0.15, -0.1) is 0 Å². The van der Waals surface area contributed by atoms with Crippen LogP contribution in [-0.4, -0.2) is 50.4 Å². The number of rotatable bonds is 4. The predicted molar refractivity (Wildman–Crippen MR) is 106 cm³/mol. The molecule has 0 amide bonds. The standard InChI is InChI=1S/C19H20Cl2N2O3S/c20-16-2-3-17(21)19(12-16)27(24,25)23-8-6-22(7-9-23)13-14-1-4-18-15(11-14)5-10-26-18/h1-4,11-12H,5-10,13H2. The number of halogens is 2. The molecule has 0 N–H and O–H groups in total. The van der Waals surface area contributed by atoms with Crippen molar-refractivity contribution in [3.8, 4) is 5.75 Å². The minimum Gasteiger partial charge on any atom is -0.493 e. The topological polar surface area (TPSA) is 49.9 Å². The Kier molecular flexibility index (Phi) is 5.36. The normalized spacial score (nSPS) is 18.3. The zero-order valence-corrected chi connectivity index (χ0v) is 17.0. The third kappa shape index (κ3) is 3.96. The number of hydrogen-bond acceptors (Lipinski definition) is 4. The molecular weight excluding hydrogens is 407 g/mol. The van der Waals surface area contributed by atoms with Crippen molar-refractivity contribution in [3.63, 3.8) is 0 Å². The van der Waals surface area contributed by atoms with Crippen molar-refractivity contribution < 1.29 is 13.2 Å². The average Bonchev–Trinajstić information content (AvgIpc) is 3.12. The molecule has 144 valence electrons. The van der Waals surface area contributed by atoms with Gasteiger partial charge in [-0.05, 0) is 35.4 Å². The lowest BCUT2D eigenvalue weighted by atomic mass is 10.1. The summed E-state index contributed by atoms with van der Waals surface area (Å²) in [6, 6.07) is 10.8. The number of nitrogens with zero attached hydrogens (tertiary/aromatic N) is 2. The molecule has 0 radical (unpaired) electrons. The van der Waals surface area contributed by atoms with Gasteiger partial charge in [-0.25, -0.2) is 8.42 Å². The quantitative estimate of drug-likeness (QED) is 0.750. The molecule has 0 saturated carbocycles. The Bertz CT molecular complexity index is 957. The minimum atomic E-state index is -3.65. The van der Waals surface area contributed by atoms with Crippen molar-refractivity contribution in [3.05, 3.63) is 57.6 Å². The van der Waals surface area contributed by atoms with Gasteiger partial charge in [0.05, 0.1) is 11.6 Å². The van der Waals surface area contributed by atoms with E-state index in [9.17, 15) is 8.42 Å². The summed E-state index contributed by atoms with van der Waals surface area (Å²) in [7, 11) is -3.65. The Morgan fingerprint density at radius 1 is 1.00 bits per heavy atom. The van der Waals surface area contributed by atoms with E-state index in [2.05, 4.69) is 17.0 Å². The van der Waals surface area contributed by atoms with E-state index in [-0.39, 0.29) is 9.92 Å². The van der Waals surface area contributed by atoms with E-state index in [0.29, 0.717) is 31.2 Å². The number of fused-ring (bicyclic) bond motifs is 1. The molecule has 5 nitrogen and oxygen atoms in total. The van der Waals surface area contributed by atoms with E-state index in [1.165, 1.54) is 27.6 Å². The molecule has 0 aromatic heterocycles. The molecule has 4 rings (SSSR count). The van der Waals surface area contributed by atoms with Crippen LogP contribution >= 0.6 is 23.2 Å². The van der Waals surface area contributed by atoms with Crippen LogP contribution in [0.3, 0.4) is 0 Å². The highest BCUT2D eigenvalue weighted by Gasteiger charge is 2.30. The molecule has 2 aromatic carbocycles. The first-order valence-electron chi connectivity index (χ1n) is 8.86. The second kappa shape index (κ2) is 7.60. The Labute approximate surface area is 169 Å². The Balaban J connectivity index is 1.42. The predicted octanol–water partition coefficient (Wildman–Crippen LogP) is 3.43. The largest absolute Gasteiger partial charge is 0.493 e. The van der Waals surface area contributed by atoms with Gasteiger partial charge in [0.15, 0.2) is 0 Å². The molecule has 2 aromatic rings.